The summed E-state index contributed by atoms with van der Waals surface area (Å²) in [6.45, 7) is 3.22. The van der Waals surface area contributed by atoms with E-state index in [4.69, 9.17) is 18.9 Å². The maximum Gasteiger partial charge on any atom is 1.00 e. The van der Waals surface area contributed by atoms with Gasteiger partial charge < -0.3 is 28.7 Å². The fourth-order valence-electron chi connectivity index (χ4n) is 8.69. The van der Waals surface area contributed by atoms with E-state index >= 15 is 0 Å². The number of aryl methyl sites for hydroxylation is 2. The van der Waals surface area contributed by atoms with E-state index in [2.05, 4.69) is 46.0 Å². The second kappa shape index (κ2) is 30.6. The van der Waals surface area contributed by atoms with Crippen molar-refractivity contribution in [1.82, 2.24) is 0 Å². The van der Waals surface area contributed by atoms with Gasteiger partial charge in [-0.25, -0.2) is 8.42 Å². The average Bonchev–Trinajstić information content (AvgIpc) is 0.827. The Balaban J connectivity index is 0.0000135. The van der Waals surface area contributed by atoms with Crippen molar-refractivity contribution in [2.24, 2.45) is 46.0 Å². The van der Waals surface area contributed by atoms with E-state index in [1.807, 2.05) is 0 Å². The zero-order valence-corrected chi connectivity index (χ0v) is 58.4. The molecule has 0 heterocycles. The number of hydrogen-bond donors (Lipinski definition) is 5. The molecule has 8 aromatic rings. The Morgan fingerprint density at radius 3 is 0.980 bits per heavy atom. The van der Waals surface area contributed by atoms with Gasteiger partial charge in [-0.05, 0) is 138 Å². The molecule has 0 radical (unpaired) electrons. The maximum atomic E-state index is 13.5. The normalized spacial score (nSPS) is 13.0. The largest absolute Gasteiger partial charge is 1.00 e. The molecule has 40 heteroatoms. The van der Waals surface area contributed by atoms with Gasteiger partial charge in [-0.15, -0.1) is 10.2 Å². The first-order valence-corrected chi connectivity index (χ1v) is 35.3. The molecule has 0 aliphatic carbocycles. The molecule has 0 aliphatic rings. The first kappa shape index (κ1) is 76.1. The molecular weight excluding hydrogens is 1420 g/mol. The van der Waals surface area contributed by atoms with Gasteiger partial charge in [-0.2, -0.15) is 72.8 Å². The Kier molecular flexibility index (Phi) is 23.8. The molecule has 0 aliphatic heterocycles. The van der Waals surface area contributed by atoms with Crippen LogP contribution in [0.15, 0.2) is 209 Å². The van der Waals surface area contributed by atoms with Crippen LogP contribution >= 0.6 is 0 Å². The molecule has 0 spiro atoms. The van der Waals surface area contributed by atoms with Crippen LogP contribution in [-0.4, -0.2) is 111 Å². The van der Waals surface area contributed by atoms with Crippen molar-refractivity contribution in [3.63, 3.8) is 0 Å². The molecule has 98 heavy (non-hydrogen) atoms. The third kappa shape index (κ3) is 19.1. The quantitative estimate of drug-likeness (QED) is 0.00937. The standard InChI is InChI=1S/C58H50N10O23S6.Na/c1-33-23-47(51(90-5)31-45(33)63-59-41-18-21-49(88-3)57(27-41)96(82,83)84)65-61-39-15-11-35(53(25-39)92(70,71)72)7-8-37-13-17-43(29-55(37)94(76,77)78)67-68(69)44-20-14-38(56(30-44)95(79,80)81)10-9-36-12-16-40(26-54(36)93(73,74)75)62-66-48-24-34(2)46(32-52(48)91-6)64-60-42-19-22-50(89-4)58(28-42)97(85,86)87;/h7-32H,1-6H3,(H,70,71,72)(H,73,74,75)(H,76,77,78)(H,79,80,81)(H,82,83,84)(H,85,86,87);/q;+1/p-1/b8-7+,10-9+,63-59?,64-60?,65-61?,66-62?,68-67?;. The van der Waals surface area contributed by atoms with Crippen LogP contribution in [0.4, 0.5) is 56.9 Å². The average molecular weight is 1470 g/mol. The third-order valence-electron chi connectivity index (χ3n) is 13.3. The Hall–Kier alpha value is -9.30. The maximum absolute atomic E-state index is 13.5. The van der Waals surface area contributed by atoms with Gasteiger partial charge in [0.25, 0.3) is 50.6 Å². The molecule has 0 fully saturated rings. The van der Waals surface area contributed by atoms with E-state index in [0.717, 1.165) is 78.9 Å². The van der Waals surface area contributed by atoms with Gasteiger partial charge in [0.2, 0.25) is 5.69 Å². The minimum Gasteiger partial charge on any atom is -0.744 e. The van der Waals surface area contributed by atoms with Crippen molar-refractivity contribution in [3.8, 4) is 23.0 Å². The van der Waals surface area contributed by atoms with Crippen LogP contribution in [0.1, 0.15) is 33.4 Å². The minimum atomic E-state index is -5.21. The van der Waals surface area contributed by atoms with E-state index in [-0.39, 0.29) is 125 Å². The Morgan fingerprint density at radius 2 is 0.633 bits per heavy atom. The summed E-state index contributed by atoms with van der Waals surface area (Å²) in [7, 11) is -25.1. The van der Waals surface area contributed by atoms with Gasteiger partial charge in [0.15, 0.2) is 0 Å². The molecule has 0 saturated carbocycles. The number of methoxy groups -OCH3 is 4. The summed E-state index contributed by atoms with van der Waals surface area (Å²) >= 11 is 0. The number of ether oxygens (including phenoxy) is 4. The molecule has 33 nitrogen and oxygen atoms in total. The molecule has 5 N–H and O–H groups in total. The van der Waals surface area contributed by atoms with E-state index < -0.39 is 101 Å². The Labute approximate surface area is 581 Å². The molecule has 8 rings (SSSR count). The van der Waals surface area contributed by atoms with Gasteiger partial charge >= 0.3 is 29.6 Å². The van der Waals surface area contributed by atoms with Crippen LogP contribution < -0.4 is 48.5 Å². The van der Waals surface area contributed by atoms with Gasteiger partial charge in [-0.1, -0.05) is 47.4 Å². The van der Waals surface area contributed by atoms with E-state index in [9.17, 15) is 83.0 Å². The van der Waals surface area contributed by atoms with Crippen molar-refractivity contribution in [2.75, 3.05) is 28.4 Å². The first-order chi connectivity index (χ1) is 45.4. The Morgan fingerprint density at radius 1 is 0.347 bits per heavy atom. The van der Waals surface area contributed by atoms with E-state index in [1.54, 1.807) is 13.8 Å². The molecule has 0 unspecified atom stereocenters. The van der Waals surface area contributed by atoms with Crippen LogP contribution in [0.2, 0.25) is 0 Å². The zero-order chi connectivity index (χ0) is 71.2. The molecule has 0 atom stereocenters. The number of hydrogen-bond acceptors (Lipinski definition) is 27. The van der Waals surface area contributed by atoms with E-state index in [1.165, 1.54) is 101 Å². The predicted octanol–water partition coefficient (Wildman–Crippen LogP) is 10.4. The summed E-state index contributed by atoms with van der Waals surface area (Å²) in [5.41, 5.74) is -0.813. The smallest absolute Gasteiger partial charge is 0.744 e. The molecule has 0 saturated heterocycles. The molecule has 0 bridgehead atoms. The van der Waals surface area contributed by atoms with Crippen LogP contribution in [0, 0.1) is 19.1 Å². The van der Waals surface area contributed by atoms with E-state index in [0.29, 0.717) is 17.2 Å². The summed E-state index contributed by atoms with van der Waals surface area (Å²) < 4.78 is 232. The van der Waals surface area contributed by atoms with Crippen molar-refractivity contribution >= 4 is 142 Å². The van der Waals surface area contributed by atoms with Crippen molar-refractivity contribution in [1.29, 1.82) is 0 Å². The summed E-state index contributed by atoms with van der Waals surface area (Å²) in [4.78, 5) is -4.66. The molecule has 0 aromatic heterocycles. The third-order valence-corrected chi connectivity index (χ3v) is 18.7. The van der Waals surface area contributed by atoms with Crippen molar-refractivity contribution in [3.05, 3.63) is 172 Å². The monoisotopic (exact) mass is 1470 g/mol. The zero-order valence-electron chi connectivity index (χ0n) is 51.5. The number of rotatable bonds is 24. The summed E-state index contributed by atoms with van der Waals surface area (Å²) in [6, 6.07) is 25.3. The predicted molar refractivity (Wildman–Crippen MR) is 344 cm³/mol. The molecule has 506 valence electrons. The van der Waals surface area contributed by atoms with Crippen molar-refractivity contribution in [2.45, 2.75) is 43.2 Å². The van der Waals surface area contributed by atoms with Crippen LogP contribution in [-0.2, 0) is 60.7 Å². The second-order valence-electron chi connectivity index (χ2n) is 19.8. The van der Waals surface area contributed by atoms with Gasteiger partial charge in [0, 0.05) is 29.4 Å². The van der Waals surface area contributed by atoms with Crippen molar-refractivity contribution < 1.29 is 131 Å². The second-order valence-corrected chi connectivity index (χ2v) is 28.1. The summed E-state index contributed by atoms with van der Waals surface area (Å²) in [5, 5.41) is 49.9. The summed E-state index contributed by atoms with van der Waals surface area (Å²) in [5.74, 6) is -0.140. The first-order valence-electron chi connectivity index (χ1n) is 26.7. The topological polar surface area (TPSA) is 503 Å². The number of benzene rings is 8. The SMILES string of the molecule is COc1cc(N=Nc2ccc(OC)c(S(=O)(=O)[O-])c2)c(C)cc1N=Nc1ccc(/C=C/c2ccc(N=[N+]([O-])c3ccc(/C=C/c4ccc(N=Nc5cc(C)c(N=Nc6ccc(OC)c(S(=O)(=O)O)c6)cc5OC)cc4S(=O)(=O)O)c(S(=O)(=O)O)c3)cc2S(=O)(=O)O)c(S(=O)(=O)O)c1.[Na+]. The van der Waals surface area contributed by atoms with Gasteiger partial charge in [0.1, 0.15) is 74.7 Å². The molecule has 8 aromatic carbocycles. The van der Waals surface area contributed by atoms with Gasteiger partial charge in [-0.3, -0.25) is 22.8 Å². The fraction of sp³-hybridized carbons (Fsp3) is 0.103. The van der Waals surface area contributed by atoms with Crippen LogP contribution in [0.3, 0.4) is 0 Å². The number of azo groups is 5. The van der Waals surface area contributed by atoms with Crippen LogP contribution in [0.5, 0.6) is 23.0 Å². The fourth-order valence-corrected chi connectivity index (χ4v) is 12.8. The molecule has 0 amide bonds. The molecular formula is C58H49N10NaO23S6. The minimum absolute atomic E-state index is 0. The summed E-state index contributed by atoms with van der Waals surface area (Å²) in [6.07, 6.45) is 4.14. The van der Waals surface area contributed by atoms with Gasteiger partial charge in [0.05, 0.1) is 67.5 Å². The number of nitrogens with zero attached hydrogens (tertiary/aromatic N) is 10. The van der Waals surface area contributed by atoms with Crippen LogP contribution in [0.25, 0.3) is 24.3 Å². The Bertz CT molecular complexity index is 5460.